The fourth-order valence-electron chi connectivity index (χ4n) is 6.17. The predicted molar refractivity (Wildman–Crippen MR) is 225 cm³/mol. The van der Waals surface area contributed by atoms with Gasteiger partial charge in [-0.1, -0.05) is 138 Å². The summed E-state index contributed by atoms with van der Waals surface area (Å²) in [4.78, 5) is 0.592. The molecule has 0 aliphatic carbocycles. The van der Waals surface area contributed by atoms with Crippen LogP contribution < -0.4 is 0 Å². The van der Waals surface area contributed by atoms with Crippen molar-refractivity contribution in [3.8, 4) is 0 Å². The first-order valence-electron chi connectivity index (χ1n) is 19.8. The highest BCUT2D eigenvalue weighted by Crippen LogP contribution is 2.38. The van der Waals surface area contributed by atoms with Crippen LogP contribution in [0.4, 0.5) is 0 Å². The van der Waals surface area contributed by atoms with Crippen molar-refractivity contribution in [1.82, 2.24) is 0 Å². The fraction of sp³-hybridized carbons (Fsp3) is 0.600. The molecule has 0 heterocycles. The molecule has 0 aliphatic heterocycles. The molecule has 310 valence electrons. The lowest BCUT2D eigenvalue weighted by atomic mass is 9.89. The third kappa shape index (κ3) is 13.8. The van der Waals surface area contributed by atoms with Crippen LogP contribution in [0.5, 0.6) is 0 Å². The summed E-state index contributed by atoms with van der Waals surface area (Å²) in [7, 11) is -7.86. The highest BCUT2D eigenvalue weighted by atomic mass is 32.2. The summed E-state index contributed by atoms with van der Waals surface area (Å²) < 4.78 is 63.2. The first-order valence-corrected chi connectivity index (χ1v) is 22.6. The molecule has 0 radical (unpaired) electrons. The molecule has 1 unspecified atom stereocenters. The molecule has 10 heteroatoms. The zero-order valence-corrected chi connectivity index (χ0v) is 37.8. The van der Waals surface area contributed by atoms with Gasteiger partial charge in [-0.3, -0.25) is 8.37 Å². The normalized spacial score (nSPS) is 13.9. The summed E-state index contributed by atoms with van der Waals surface area (Å²) in [5.74, 6) is 0.850. The quantitative estimate of drug-likeness (QED) is 0.129. The molecule has 0 saturated heterocycles. The molecule has 0 bridgehead atoms. The number of hydrogen-bond donors (Lipinski definition) is 2. The summed E-state index contributed by atoms with van der Waals surface area (Å²) in [6.07, 6.45) is 0.429. The van der Waals surface area contributed by atoms with E-state index < -0.39 is 31.4 Å². The van der Waals surface area contributed by atoms with Crippen LogP contribution in [-0.4, -0.2) is 45.9 Å². The Morgan fingerprint density at radius 2 is 0.818 bits per heavy atom. The second-order valence-electron chi connectivity index (χ2n) is 17.5. The Labute approximate surface area is 334 Å². The number of rotatable bonds is 17. The van der Waals surface area contributed by atoms with E-state index in [1.54, 1.807) is 20.8 Å². The molecule has 2 N–H and O–H groups in total. The molecular weight excluding hydrogens is 733 g/mol. The number of hydrogen-bond acceptors (Lipinski definition) is 8. The van der Waals surface area contributed by atoms with Crippen LogP contribution in [0.25, 0.3) is 0 Å². The molecule has 8 nitrogen and oxygen atoms in total. The standard InChI is InChI=1S/C25H36O4S.C20H34O4S/c1-17(2)20-15-22(18(3)4)24(23(16-20)19(5)6)30(27,28)29-14-13-25(7,26)21-11-9-8-10-12-21;1-13(2)16-11-17(14(3)4)19(18(12-16)15(5)6)25(22,23)24-10-9-20(7,8)21/h8-12,15-19,26H,13-14H2,1-7H3;11-15,21H,9-10H2,1-8H3. The van der Waals surface area contributed by atoms with Crippen LogP contribution >= 0.6 is 0 Å². The molecule has 0 spiro atoms. The van der Waals surface area contributed by atoms with E-state index >= 15 is 0 Å². The smallest absolute Gasteiger partial charge is 0.297 e. The average molecular weight is 803 g/mol. The third-order valence-corrected chi connectivity index (χ3v) is 12.7. The molecule has 3 aromatic rings. The van der Waals surface area contributed by atoms with Crippen LogP contribution in [0.15, 0.2) is 64.4 Å². The number of aliphatic hydroxyl groups is 2. The van der Waals surface area contributed by atoms with Gasteiger partial charge in [-0.15, -0.1) is 0 Å². The monoisotopic (exact) mass is 802 g/mol. The Morgan fingerprint density at radius 3 is 1.09 bits per heavy atom. The largest absolute Gasteiger partial charge is 0.390 e. The molecule has 0 fully saturated rings. The molecule has 0 aromatic heterocycles. The molecule has 0 aliphatic rings. The molecule has 1 atom stereocenters. The second kappa shape index (κ2) is 19.7. The van der Waals surface area contributed by atoms with Crippen molar-refractivity contribution in [2.75, 3.05) is 13.2 Å². The summed E-state index contributed by atoms with van der Waals surface area (Å²) in [6.45, 7) is 29.3. The SMILES string of the molecule is CC(C)c1cc(C(C)C)c(S(=O)(=O)OCCC(C)(C)O)c(C(C)C)c1.CC(C)c1cc(C(C)C)c(S(=O)(=O)OCCC(C)(O)c2ccccc2)c(C(C)C)c1. The lowest BCUT2D eigenvalue weighted by Crippen LogP contribution is -2.24. The van der Waals surface area contributed by atoms with Gasteiger partial charge >= 0.3 is 0 Å². The van der Waals surface area contributed by atoms with Crippen molar-refractivity contribution in [2.45, 2.75) is 173 Å². The Morgan fingerprint density at radius 1 is 0.509 bits per heavy atom. The highest BCUT2D eigenvalue weighted by molar-refractivity contribution is 7.87. The zero-order chi connectivity index (χ0) is 42.3. The van der Waals surface area contributed by atoms with Crippen molar-refractivity contribution in [2.24, 2.45) is 0 Å². The minimum absolute atomic E-state index is 0.0349. The van der Waals surface area contributed by atoms with E-state index in [4.69, 9.17) is 8.37 Å². The van der Waals surface area contributed by atoms with Crippen LogP contribution in [0.2, 0.25) is 0 Å². The first kappa shape index (κ1) is 48.5. The van der Waals surface area contributed by atoms with Gasteiger partial charge in [0.25, 0.3) is 20.2 Å². The van der Waals surface area contributed by atoms with Gasteiger partial charge in [0.1, 0.15) is 9.79 Å². The molecule has 0 amide bonds. The lowest BCUT2D eigenvalue weighted by Gasteiger charge is -2.25. The summed E-state index contributed by atoms with van der Waals surface area (Å²) in [5.41, 5.74) is 4.07. The molecule has 3 aromatic carbocycles. The van der Waals surface area contributed by atoms with Gasteiger partial charge in [0.15, 0.2) is 0 Å². The van der Waals surface area contributed by atoms with Gasteiger partial charge < -0.3 is 10.2 Å². The number of benzene rings is 3. The maximum atomic E-state index is 13.3. The van der Waals surface area contributed by atoms with Crippen molar-refractivity contribution in [3.05, 3.63) is 93.5 Å². The van der Waals surface area contributed by atoms with E-state index in [-0.39, 0.29) is 54.6 Å². The van der Waals surface area contributed by atoms with E-state index in [0.717, 1.165) is 38.9 Å². The fourth-order valence-corrected chi connectivity index (χ4v) is 9.34. The maximum absolute atomic E-state index is 13.3. The first-order chi connectivity index (χ1) is 25.1. The van der Waals surface area contributed by atoms with E-state index in [2.05, 4.69) is 27.7 Å². The predicted octanol–water partition coefficient (Wildman–Crippen LogP) is 11.0. The van der Waals surface area contributed by atoms with Gasteiger partial charge in [-0.2, -0.15) is 16.8 Å². The van der Waals surface area contributed by atoms with E-state index in [1.807, 2.05) is 110 Å². The molecule has 55 heavy (non-hydrogen) atoms. The van der Waals surface area contributed by atoms with Crippen LogP contribution in [0.3, 0.4) is 0 Å². The van der Waals surface area contributed by atoms with Crippen molar-refractivity contribution in [3.63, 3.8) is 0 Å². The molecular formula is C45H70O8S2. The second-order valence-corrected chi connectivity index (χ2v) is 20.6. The maximum Gasteiger partial charge on any atom is 0.297 e. The van der Waals surface area contributed by atoms with Crippen LogP contribution in [0.1, 0.15) is 191 Å². The Bertz CT molecular complexity index is 1840. The van der Waals surface area contributed by atoms with Crippen molar-refractivity contribution in [1.29, 1.82) is 0 Å². The lowest BCUT2D eigenvalue weighted by molar-refractivity contribution is 0.0343. The minimum atomic E-state index is -3.97. The Hall–Kier alpha value is -2.60. The van der Waals surface area contributed by atoms with Gasteiger partial charge in [0.05, 0.1) is 24.4 Å². The van der Waals surface area contributed by atoms with Crippen molar-refractivity contribution < 1.29 is 35.4 Å². The van der Waals surface area contributed by atoms with Gasteiger partial charge in [0, 0.05) is 12.8 Å². The van der Waals surface area contributed by atoms with Crippen LogP contribution in [0, 0.1) is 0 Å². The van der Waals surface area contributed by atoms with Crippen molar-refractivity contribution >= 4 is 20.2 Å². The van der Waals surface area contributed by atoms with Crippen LogP contribution in [-0.2, 0) is 34.2 Å². The third-order valence-electron chi connectivity index (χ3n) is 9.83. The average Bonchev–Trinajstić information content (AvgIpc) is 3.06. The van der Waals surface area contributed by atoms with Gasteiger partial charge in [0.2, 0.25) is 0 Å². The highest BCUT2D eigenvalue weighted by Gasteiger charge is 2.31. The summed E-state index contributed by atoms with van der Waals surface area (Å²) in [6, 6.07) is 17.2. The Kier molecular flexibility index (Phi) is 17.4. The van der Waals surface area contributed by atoms with Gasteiger partial charge in [-0.25, -0.2) is 0 Å². The zero-order valence-electron chi connectivity index (χ0n) is 36.1. The minimum Gasteiger partial charge on any atom is -0.390 e. The van der Waals surface area contributed by atoms with Gasteiger partial charge in [-0.05, 0) is 95.2 Å². The summed E-state index contributed by atoms with van der Waals surface area (Å²) >= 11 is 0. The topological polar surface area (TPSA) is 127 Å². The van der Waals surface area contributed by atoms with E-state index in [1.165, 1.54) is 0 Å². The Balaban J connectivity index is 0.000000387. The summed E-state index contributed by atoms with van der Waals surface area (Å²) in [5, 5.41) is 20.6. The molecule has 3 rings (SSSR count). The molecule has 0 saturated carbocycles. The van der Waals surface area contributed by atoms with E-state index in [9.17, 15) is 27.0 Å². The van der Waals surface area contributed by atoms with E-state index in [0.29, 0.717) is 16.7 Å².